The molecule has 0 spiro atoms. The zero-order chi connectivity index (χ0) is 17.6. The minimum Gasteiger partial charge on any atom is -0.481 e. The summed E-state index contributed by atoms with van der Waals surface area (Å²) in [5, 5.41) is 0.719. The highest BCUT2D eigenvalue weighted by molar-refractivity contribution is 6.42. The molecule has 25 heavy (non-hydrogen) atoms. The van der Waals surface area contributed by atoms with Gasteiger partial charge in [-0.2, -0.15) is 0 Å². The van der Waals surface area contributed by atoms with Crippen LogP contribution in [0, 0.1) is 0 Å². The first-order chi connectivity index (χ1) is 12.1. The summed E-state index contributed by atoms with van der Waals surface area (Å²) in [6.07, 6.45) is 0. The average molecular weight is 373 g/mol. The third kappa shape index (κ3) is 4.53. The first-order valence-corrected chi connectivity index (χ1v) is 8.32. The second kappa shape index (κ2) is 8.06. The van der Waals surface area contributed by atoms with Crippen LogP contribution in [-0.2, 0) is 4.79 Å². The molecule has 0 aromatic heterocycles. The smallest absolute Gasteiger partial charge is 0.349 e. The Hall–Kier alpha value is -2.49. The molecule has 0 saturated carbocycles. The standard InChI is InChI=1S/C20H14Cl2O3/c21-17-11-10-15(12-18(17)22)25-20(23)13-24-19-9-5-4-8-16(19)14-6-2-1-3-7-14/h1-12H,13H2. The second-order valence-electron chi connectivity index (χ2n) is 5.20. The van der Waals surface area contributed by atoms with Crippen molar-refractivity contribution in [1.29, 1.82) is 0 Å². The van der Waals surface area contributed by atoms with Crippen LogP contribution in [0.2, 0.25) is 10.0 Å². The van der Waals surface area contributed by atoms with Crippen molar-refractivity contribution in [2.45, 2.75) is 0 Å². The predicted molar refractivity (Wildman–Crippen MR) is 99.5 cm³/mol. The minimum absolute atomic E-state index is 0.218. The lowest BCUT2D eigenvalue weighted by atomic mass is 10.1. The van der Waals surface area contributed by atoms with E-state index in [-0.39, 0.29) is 6.61 Å². The summed E-state index contributed by atoms with van der Waals surface area (Å²) >= 11 is 11.7. The normalized spacial score (nSPS) is 10.3. The summed E-state index contributed by atoms with van der Waals surface area (Å²) in [7, 11) is 0. The maximum atomic E-state index is 12.0. The van der Waals surface area contributed by atoms with E-state index in [9.17, 15) is 4.79 Å². The van der Waals surface area contributed by atoms with Crippen LogP contribution in [0.25, 0.3) is 11.1 Å². The molecule has 126 valence electrons. The van der Waals surface area contributed by atoms with E-state index in [1.165, 1.54) is 6.07 Å². The van der Waals surface area contributed by atoms with Gasteiger partial charge in [0.25, 0.3) is 0 Å². The Balaban J connectivity index is 1.67. The van der Waals surface area contributed by atoms with E-state index in [0.29, 0.717) is 21.5 Å². The fraction of sp³-hybridized carbons (Fsp3) is 0.0500. The molecule has 0 amide bonds. The molecule has 0 aliphatic carbocycles. The van der Waals surface area contributed by atoms with Crippen LogP contribution in [0.1, 0.15) is 0 Å². The summed E-state index contributed by atoms with van der Waals surface area (Å²) in [6.45, 7) is -0.218. The maximum absolute atomic E-state index is 12.0. The molecule has 0 atom stereocenters. The van der Waals surface area contributed by atoms with Crippen molar-refractivity contribution in [3.8, 4) is 22.6 Å². The molecule has 0 heterocycles. The van der Waals surface area contributed by atoms with Crippen molar-refractivity contribution in [2.75, 3.05) is 6.61 Å². The first kappa shape index (κ1) is 17.3. The predicted octanol–water partition coefficient (Wildman–Crippen LogP) is 5.64. The number of hydrogen-bond acceptors (Lipinski definition) is 3. The highest BCUT2D eigenvalue weighted by Gasteiger charge is 2.11. The van der Waals surface area contributed by atoms with Crippen molar-refractivity contribution in [3.05, 3.63) is 82.8 Å². The largest absolute Gasteiger partial charge is 0.481 e. The van der Waals surface area contributed by atoms with Crippen molar-refractivity contribution in [2.24, 2.45) is 0 Å². The number of ether oxygens (including phenoxy) is 2. The Kier molecular flexibility index (Phi) is 5.59. The molecule has 3 aromatic carbocycles. The molecular weight excluding hydrogens is 359 g/mol. The van der Waals surface area contributed by atoms with Gasteiger partial charge in [0.15, 0.2) is 6.61 Å². The van der Waals surface area contributed by atoms with E-state index in [4.69, 9.17) is 32.7 Å². The molecule has 5 heteroatoms. The van der Waals surface area contributed by atoms with Crippen molar-refractivity contribution in [1.82, 2.24) is 0 Å². The van der Waals surface area contributed by atoms with Crippen LogP contribution in [-0.4, -0.2) is 12.6 Å². The minimum atomic E-state index is -0.527. The molecule has 0 aliphatic rings. The van der Waals surface area contributed by atoms with E-state index in [0.717, 1.165) is 11.1 Å². The summed E-state index contributed by atoms with van der Waals surface area (Å²) in [5.41, 5.74) is 1.92. The lowest BCUT2D eigenvalue weighted by Gasteiger charge is -2.11. The fourth-order valence-corrected chi connectivity index (χ4v) is 2.57. The Morgan fingerprint density at radius 3 is 2.32 bits per heavy atom. The van der Waals surface area contributed by atoms with Crippen LogP contribution in [0.4, 0.5) is 0 Å². The Bertz CT molecular complexity index is 879. The SMILES string of the molecule is O=C(COc1ccccc1-c1ccccc1)Oc1ccc(Cl)c(Cl)c1. The fourth-order valence-electron chi connectivity index (χ4n) is 2.29. The molecule has 0 unspecified atom stereocenters. The van der Waals surface area contributed by atoms with Gasteiger partial charge in [-0.3, -0.25) is 0 Å². The molecule has 3 nitrogen and oxygen atoms in total. The van der Waals surface area contributed by atoms with Gasteiger partial charge in [-0.05, 0) is 23.8 Å². The second-order valence-corrected chi connectivity index (χ2v) is 6.02. The molecule has 0 aliphatic heterocycles. The lowest BCUT2D eigenvalue weighted by Crippen LogP contribution is -2.17. The zero-order valence-electron chi connectivity index (χ0n) is 13.1. The van der Waals surface area contributed by atoms with Crippen molar-refractivity contribution >= 4 is 29.2 Å². The quantitative estimate of drug-likeness (QED) is 0.429. The third-order valence-electron chi connectivity index (χ3n) is 3.44. The number of hydrogen-bond donors (Lipinski definition) is 0. The topological polar surface area (TPSA) is 35.5 Å². The Morgan fingerprint density at radius 1 is 0.840 bits per heavy atom. The molecule has 0 N–H and O–H groups in total. The Morgan fingerprint density at radius 2 is 1.56 bits per heavy atom. The monoisotopic (exact) mass is 372 g/mol. The van der Waals surface area contributed by atoms with Gasteiger partial charge >= 0.3 is 5.97 Å². The van der Waals surface area contributed by atoms with Gasteiger partial charge in [0.2, 0.25) is 0 Å². The van der Waals surface area contributed by atoms with Crippen molar-refractivity contribution < 1.29 is 14.3 Å². The molecule has 0 radical (unpaired) electrons. The molecule has 0 fully saturated rings. The van der Waals surface area contributed by atoms with Gasteiger partial charge in [0, 0.05) is 11.6 Å². The number of benzene rings is 3. The zero-order valence-corrected chi connectivity index (χ0v) is 14.6. The van der Waals surface area contributed by atoms with E-state index < -0.39 is 5.97 Å². The Labute approximate surface area is 155 Å². The van der Waals surface area contributed by atoms with E-state index in [1.807, 2.05) is 54.6 Å². The maximum Gasteiger partial charge on any atom is 0.349 e. The van der Waals surface area contributed by atoms with Gasteiger partial charge < -0.3 is 9.47 Å². The van der Waals surface area contributed by atoms with Crippen molar-refractivity contribution in [3.63, 3.8) is 0 Å². The molecule has 0 bridgehead atoms. The van der Waals surface area contributed by atoms with Gasteiger partial charge in [-0.15, -0.1) is 0 Å². The number of rotatable bonds is 5. The first-order valence-electron chi connectivity index (χ1n) is 7.56. The average Bonchev–Trinajstić information content (AvgIpc) is 2.64. The van der Waals surface area contributed by atoms with Crippen LogP contribution in [0.3, 0.4) is 0 Å². The van der Waals surface area contributed by atoms with Crippen LogP contribution in [0.15, 0.2) is 72.8 Å². The summed E-state index contributed by atoms with van der Waals surface area (Å²) < 4.78 is 10.9. The van der Waals surface area contributed by atoms with E-state index >= 15 is 0 Å². The van der Waals surface area contributed by atoms with Gasteiger partial charge in [0.1, 0.15) is 11.5 Å². The highest BCUT2D eigenvalue weighted by atomic mass is 35.5. The van der Waals surface area contributed by atoms with E-state index in [1.54, 1.807) is 12.1 Å². The van der Waals surface area contributed by atoms with E-state index in [2.05, 4.69) is 0 Å². The summed E-state index contributed by atoms with van der Waals surface area (Å²) in [5.74, 6) is 0.403. The molecular formula is C20H14Cl2O3. The van der Waals surface area contributed by atoms with Gasteiger partial charge in [-0.25, -0.2) is 4.79 Å². The highest BCUT2D eigenvalue weighted by Crippen LogP contribution is 2.30. The third-order valence-corrected chi connectivity index (χ3v) is 4.18. The van der Waals surface area contributed by atoms with Gasteiger partial charge in [0.05, 0.1) is 10.0 Å². The number of carbonyl (C=O) groups is 1. The summed E-state index contributed by atoms with van der Waals surface area (Å²) in [6, 6.07) is 22.0. The van der Waals surface area contributed by atoms with Crippen LogP contribution in [0.5, 0.6) is 11.5 Å². The lowest BCUT2D eigenvalue weighted by molar-refractivity contribution is -0.136. The van der Waals surface area contributed by atoms with Crippen LogP contribution < -0.4 is 9.47 Å². The number of halogens is 2. The van der Waals surface area contributed by atoms with Crippen LogP contribution >= 0.6 is 23.2 Å². The number of esters is 1. The summed E-state index contributed by atoms with van der Waals surface area (Å²) in [4.78, 5) is 12.0. The molecule has 3 aromatic rings. The number of para-hydroxylation sites is 1. The molecule has 3 rings (SSSR count). The van der Waals surface area contributed by atoms with Gasteiger partial charge in [-0.1, -0.05) is 71.7 Å². The number of carbonyl (C=O) groups excluding carboxylic acids is 1. The molecule has 0 saturated heterocycles.